The Morgan fingerprint density at radius 3 is 3.04 bits per heavy atom. The fraction of sp³-hybridized carbons (Fsp3) is 0.474. The first-order valence-electron chi connectivity index (χ1n) is 9.04. The zero-order valence-corrected chi connectivity index (χ0v) is 15.1. The van der Waals surface area contributed by atoms with Gasteiger partial charge in [0.1, 0.15) is 0 Å². The van der Waals surface area contributed by atoms with Gasteiger partial charge in [0.2, 0.25) is 5.91 Å². The maximum Gasteiger partial charge on any atom is 0.227 e. The third-order valence-corrected chi connectivity index (χ3v) is 5.90. The maximum atomic E-state index is 12.2. The largest absolute Gasteiger partial charge is 0.313 e. The minimum atomic E-state index is 0.0756. The van der Waals surface area contributed by atoms with Gasteiger partial charge in [0, 0.05) is 43.4 Å². The average Bonchev–Trinajstić information content (AvgIpc) is 3.24. The van der Waals surface area contributed by atoms with Crippen LogP contribution in [0.15, 0.2) is 30.3 Å². The van der Waals surface area contributed by atoms with Gasteiger partial charge in [-0.1, -0.05) is 30.3 Å². The average molecular weight is 356 g/mol. The van der Waals surface area contributed by atoms with E-state index < -0.39 is 0 Å². The van der Waals surface area contributed by atoms with Crippen LogP contribution in [0.25, 0.3) is 0 Å². The molecule has 0 bridgehead atoms. The van der Waals surface area contributed by atoms with Crippen LogP contribution in [-0.4, -0.2) is 34.9 Å². The maximum absolute atomic E-state index is 12.2. The Morgan fingerprint density at radius 1 is 1.36 bits per heavy atom. The molecule has 5 nitrogen and oxygen atoms in total. The summed E-state index contributed by atoms with van der Waals surface area (Å²) in [5.41, 5.74) is 2.50. The number of benzene rings is 1. The SMILES string of the molecule is O=C(CC1CCCN1)Nc1nc2c(s1)CN(Cc1ccccc1)CC2. The standard InChI is InChI=1S/C19H24N4OS/c24-18(11-15-7-4-9-20-15)22-19-21-16-8-10-23(13-17(16)25-19)12-14-5-2-1-3-6-14/h1-3,5-6,15,20H,4,7-13H2,(H,21,22,24). The van der Waals surface area contributed by atoms with Crippen LogP contribution < -0.4 is 10.6 Å². The summed E-state index contributed by atoms with van der Waals surface area (Å²) in [6.45, 7) is 3.93. The molecule has 6 heteroatoms. The van der Waals surface area contributed by atoms with Crippen LogP contribution in [0.4, 0.5) is 5.13 Å². The number of fused-ring (bicyclic) bond motifs is 1. The summed E-state index contributed by atoms with van der Waals surface area (Å²) in [6, 6.07) is 10.9. The van der Waals surface area contributed by atoms with Crippen molar-refractivity contribution in [3.05, 3.63) is 46.5 Å². The normalized spacial score (nSPS) is 20.4. The van der Waals surface area contributed by atoms with Crippen molar-refractivity contribution in [2.45, 2.75) is 44.8 Å². The van der Waals surface area contributed by atoms with E-state index >= 15 is 0 Å². The number of anilines is 1. The van der Waals surface area contributed by atoms with Crippen molar-refractivity contribution in [1.29, 1.82) is 0 Å². The lowest BCUT2D eigenvalue weighted by Crippen LogP contribution is -2.29. The summed E-state index contributed by atoms with van der Waals surface area (Å²) in [7, 11) is 0. The molecule has 0 saturated carbocycles. The Hall–Kier alpha value is -1.76. The molecule has 4 rings (SSSR count). The van der Waals surface area contributed by atoms with Gasteiger partial charge in [0.05, 0.1) is 5.69 Å². The number of carbonyl (C=O) groups is 1. The first-order valence-corrected chi connectivity index (χ1v) is 9.86. The minimum absolute atomic E-state index is 0.0756. The van der Waals surface area contributed by atoms with Crippen molar-refractivity contribution >= 4 is 22.4 Å². The molecule has 1 atom stereocenters. The summed E-state index contributed by atoms with van der Waals surface area (Å²) in [5.74, 6) is 0.0756. The van der Waals surface area contributed by atoms with E-state index in [4.69, 9.17) is 0 Å². The van der Waals surface area contributed by atoms with Gasteiger partial charge >= 0.3 is 0 Å². The molecule has 0 radical (unpaired) electrons. The summed E-state index contributed by atoms with van der Waals surface area (Å²) in [4.78, 5) is 20.6. The zero-order valence-electron chi connectivity index (χ0n) is 14.3. The molecule has 132 valence electrons. The first kappa shape index (κ1) is 16.7. The Morgan fingerprint density at radius 2 is 2.24 bits per heavy atom. The van der Waals surface area contributed by atoms with Crippen molar-refractivity contribution < 1.29 is 4.79 Å². The van der Waals surface area contributed by atoms with Crippen LogP contribution in [0.1, 0.15) is 35.4 Å². The molecular formula is C19H24N4OS. The molecule has 1 fully saturated rings. The lowest BCUT2D eigenvalue weighted by molar-refractivity contribution is -0.116. The smallest absolute Gasteiger partial charge is 0.227 e. The Labute approximate surface area is 152 Å². The lowest BCUT2D eigenvalue weighted by atomic mass is 10.1. The fourth-order valence-corrected chi connectivity index (χ4v) is 4.67. The van der Waals surface area contributed by atoms with Gasteiger partial charge in [-0.2, -0.15) is 0 Å². The van der Waals surface area contributed by atoms with Crippen molar-refractivity contribution in [3.8, 4) is 0 Å². The molecule has 1 amide bonds. The lowest BCUT2D eigenvalue weighted by Gasteiger charge is -2.25. The highest BCUT2D eigenvalue weighted by Crippen LogP contribution is 2.29. The summed E-state index contributed by atoms with van der Waals surface area (Å²) >= 11 is 1.63. The molecule has 2 N–H and O–H groups in total. The number of hydrogen-bond donors (Lipinski definition) is 2. The third kappa shape index (κ3) is 4.26. The van der Waals surface area contributed by atoms with Crippen LogP contribution in [0.5, 0.6) is 0 Å². The van der Waals surface area contributed by atoms with E-state index in [1.54, 1.807) is 11.3 Å². The van der Waals surface area contributed by atoms with E-state index in [1.807, 2.05) is 0 Å². The number of rotatable bonds is 5. The van der Waals surface area contributed by atoms with E-state index in [0.29, 0.717) is 12.5 Å². The molecule has 2 aliphatic rings. The first-order chi connectivity index (χ1) is 12.3. The third-order valence-electron chi connectivity index (χ3n) is 4.90. The molecule has 1 aromatic carbocycles. The number of carbonyl (C=O) groups excluding carboxylic acids is 1. The number of amides is 1. The molecule has 0 aliphatic carbocycles. The second-order valence-corrected chi connectivity index (χ2v) is 7.96. The van der Waals surface area contributed by atoms with Crippen molar-refractivity contribution in [3.63, 3.8) is 0 Å². The topological polar surface area (TPSA) is 57.3 Å². The second kappa shape index (κ2) is 7.64. The van der Waals surface area contributed by atoms with E-state index in [9.17, 15) is 4.79 Å². The molecule has 2 aromatic rings. The van der Waals surface area contributed by atoms with Gasteiger partial charge in [0.25, 0.3) is 0 Å². The number of thiazole rings is 1. The number of nitrogens with one attached hydrogen (secondary N) is 2. The summed E-state index contributed by atoms with van der Waals surface area (Å²) < 4.78 is 0. The molecule has 3 heterocycles. The van der Waals surface area contributed by atoms with Gasteiger partial charge in [-0.3, -0.25) is 9.69 Å². The van der Waals surface area contributed by atoms with Crippen molar-refractivity contribution in [2.24, 2.45) is 0 Å². The number of aromatic nitrogens is 1. The van der Waals surface area contributed by atoms with Crippen LogP contribution in [0.2, 0.25) is 0 Å². The van der Waals surface area contributed by atoms with Gasteiger partial charge in [0.15, 0.2) is 5.13 Å². The Bertz CT molecular complexity index is 724. The van der Waals surface area contributed by atoms with E-state index in [0.717, 1.165) is 49.8 Å². The molecule has 1 unspecified atom stereocenters. The molecule has 1 aromatic heterocycles. The van der Waals surface area contributed by atoms with Gasteiger partial charge in [-0.25, -0.2) is 4.98 Å². The molecule has 1 saturated heterocycles. The predicted octanol–water partition coefficient (Wildman–Crippen LogP) is 2.78. The van der Waals surface area contributed by atoms with Crippen molar-refractivity contribution in [2.75, 3.05) is 18.4 Å². The second-order valence-electron chi connectivity index (χ2n) is 6.88. The predicted molar refractivity (Wildman–Crippen MR) is 101 cm³/mol. The van der Waals surface area contributed by atoms with Crippen molar-refractivity contribution in [1.82, 2.24) is 15.2 Å². The van der Waals surface area contributed by atoms with E-state index in [2.05, 4.69) is 50.8 Å². The van der Waals surface area contributed by atoms with Crippen LogP contribution in [0, 0.1) is 0 Å². The quantitative estimate of drug-likeness (QED) is 0.865. The minimum Gasteiger partial charge on any atom is -0.313 e. The molecular weight excluding hydrogens is 332 g/mol. The Kier molecular flexibility index (Phi) is 5.10. The van der Waals surface area contributed by atoms with Gasteiger partial charge < -0.3 is 10.6 Å². The monoisotopic (exact) mass is 356 g/mol. The highest BCUT2D eigenvalue weighted by molar-refractivity contribution is 7.15. The van der Waals surface area contributed by atoms with E-state index in [1.165, 1.54) is 16.9 Å². The Balaban J connectivity index is 1.34. The highest BCUT2D eigenvalue weighted by Gasteiger charge is 2.22. The van der Waals surface area contributed by atoms with E-state index in [-0.39, 0.29) is 5.91 Å². The van der Waals surface area contributed by atoms with Crippen LogP contribution >= 0.6 is 11.3 Å². The molecule has 2 aliphatic heterocycles. The molecule has 0 spiro atoms. The fourth-order valence-electron chi connectivity index (χ4n) is 3.60. The summed E-state index contributed by atoms with van der Waals surface area (Å²) in [5, 5.41) is 7.13. The van der Waals surface area contributed by atoms with Gasteiger partial charge in [-0.15, -0.1) is 11.3 Å². The number of hydrogen-bond acceptors (Lipinski definition) is 5. The zero-order chi connectivity index (χ0) is 17.1. The highest BCUT2D eigenvalue weighted by atomic mass is 32.1. The number of nitrogens with zero attached hydrogens (tertiary/aromatic N) is 2. The molecule has 25 heavy (non-hydrogen) atoms. The summed E-state index contributed by atoms with van der Waals surface area (Å²) in [6.07, 6.45) is 3.76. The van der Waals surface area contributed by atoms with Crippen LogP contribution in [0.3, 0.4) is 0 Å². The van der Waals surface area contributed by atoms with Crippen LogP contribution in [-0.2, 0) is 24.3 Å². The van der Waals surface area contributed by atoms with Gasteiger partial charge in [-0.05, 0) is 24.9 Å².